The van der Waals surface area contributed by atoms with E-state index >= 15 is 0 Å². The van der Waals surface area contributed by atoms with Crippen LogP contribution in [0.25, 0.3) is 0 Å². The summed E-state index contributed by atoms with van der Waals surface area (Å²) in [4.78, 5) is 10.9. The van der Waals surface area contributed by atoms with Crippen molar-refractivity contribution in [3.63, 3.8) is 0 Å². The third-order valence-corrected chi connectivity index (χ3v) is 6.42. The summed E-state index contributed by atoms with van der Waals surface area (Å²) in [5.74, 6) is 0. The van der Waals surface area contributed by atoms with E-state index in [2.05, 4.69) is 10.6 Å². The van der Waals surface area contributed by atoms with E-state index in [9.17, 15) is 13.2 Å². The predicted molar refractivity (Wildman–Crippen MR) is 83.2 cm³/mol. The average molecular weight is 323 g/mol. The Morgan fingerprint density at radius 1 is 1.05 bits per heavy atom. The highest BCUT2D eigenvalue weighted by atomic mass is 32.2. The number of rotatable bonds is 3. The van der Waals surface area contributed by atoms with Gasteiger partial charge in [-0.25, -0.2) is 8.42 Å². The number of hydrogen-bond acceptors (Lipinski definition) is 5. The first-order chi connectivity index (χ1) is 10.6. The second-order valence-electron chi connectivity index (χ2n) is 5.88. The number of nitrogens with one attached hydrogen (secondary N) is 2. The van der Waals surface area contributed by atoms with E-state index in [1.165, 1.54) is 28.6 Å². The normalized spacial score (nSPS) is 22.5. The van der Waals surface area contributed by atoms with Crippen LogP contribution in [0.5, 0.6) is 0 Å². The van der Waals surface area contributed by atoms with Gasteiger partial charge in [0.25, 0.3) is 0 Å². The summed E-state index contributed by atoms with van der Waals surface area (Å²) in [6.45, 7) is 2.95. The molecule has 0 atom stereocenters. The molecule has 0 radical (unpaired) electrons. The van der Waals surface area contributed by atoms with Gasteiger partial charge in [-0.1, -0.05) is 12.1 Å². The fourth-order valence-corrected chi connectivity index (χ4v) is 4.58. The summed E-state index contributed by atoms with van der Waals surface area (Å²) in [7, 11) is -3.48. The molecule has 2 heterocycles. The topological polar surface area (TPSA) is 78.5 Å². The maximum absolute atomic E-state index is 12.7. The number of carbonyl (C=O) groups is 1. The summed E-state index contributed by atoms with van der Waals surface area (Å²) < 4.78 is 26.8. The second-order valence-corrected chi connectivity index (χ2v) is 7.82. The summed E-state index contributed by atoms with van der Waals surface area (Å²) in [5, 5.41) is 6.98. The molecule has 6 nitrogen and oxygen atoms in total. The Morgan fingerprint density at radius 2 is 1.64 bits per heavy atom. The second kappa shape index (κ2) is 6.08. The van der Waals surface area contributed by atoms with Crippen LogP contribution < -0.4 is 10.6 Å². The van der Waals surface area contributed by atoms with E-state index in [1.54, 1.807) is 0 Å². The maximum atomic E-state index is 12.7. The zero-order valence-electron chi connectivity index (χ0n) is 12.4. The largest absolute Gasteiger partial charge is 0.299 e. The Bertz CT molecular complexity index is 627. The molecule has 2 fully saturated rings. The fraction of sp³-hybridized carbons (Fsp3) is 0.533. The highest BCUT2D eigenvalue weighted by Crippen LogP contribution is 2.26. The van der Waals surface area contributed by atoms with Gasteiger partial charge in [0.2, 0.25) is 10.0 Å². The first kappa shape index (κ1) is 15.6. The molecule has 22 heavy (non-hydrogen) atoms. The summed E-state index contributed by atoms with van der Waals surface area (Å²) in [5.41, 5.74) is 0.373. The first-order valence-corrected chi connectivity index (χ1v) is 9.05. The number of sulfonamides is 1. The maximum Gasteiger partial charge on any atom is 0.243 e. The number of hydrogen-bond donors (Lipinski definition) is 2. The quantitative estimate of drug-likeness (QED) is 0.795. The number of benzene rings is 1. The Balaban J connectivity index is 1.72. The van der Waals surface area contributed by atoms with Gasteiger partial charge in [0.1, 0.15) is 6.29 Å². The Kier molecular flexibility index (Phi) is 4.31. The van der Waals surface area contributed by atoms with Crippen LogP contribution in [0.3, 0.4) is 0 Å². The number of nitrogens with zero attached hydrogens (tertiary/aromatic N) is 1. The molecule has 1 aromatic rings. The van der Waals surface area contributed by atoms with Crippen molar-refractivity contribution in [1.82, 2.24) is 14.9 Å². The molecule has 2 N–H and O–H groups in total. The molecule has 0 aliphatic carbocycles. The molecule has 2 aliphatic rings. The Labute approximate surface area is 130 Å². The minimum absolute atomic E-state index is 0.106. The van der Waals surface area contributed by atoms with E-state index < -0.39 is 10.0 Å². The molecule has 0 saturated carbocycles. The van der Waals surface area contributed by atoms with Crippen LogP contribution in [0.1, 0.15) is 29.6 Å². The van der Waals surface area contributed by atoms with Crippen LogP contribution in [-0.4, -0.2) is 50.9 Å². The van der Waals surface area contributed by atoms with Crippen molar-refractivity contribution in [2.75, 3.05) is 26.2 Å². The Morgan fingerprint density at radius 3 is 2.18 bits per heavy atom. The number of aldehydes is 1. The molecular formula is C15H21N3O3S. The molecule has 2 aliphatic heterocycles. The van der Waals surface area contributed by atoms with Gasteiger partial charge in [-0.05, 0) is 44.5 Å². The molecule has 3 rings (SSSR count). The molecule has 7 heteroatoms. The molecule has 1 aromatic carbocycles. The van der Waals surface area contributed by atoms with E-state index in [1.807, 2.05) is 0 Å². The van der Waals surface area contributed by atoms with E-state index in [0.29, 0.717) is 24.9 Å². The molecule has 2 saturated heterocycles. The third-order valence-electron chi connectivity index (χ3n) is 4.51. The van der Waals surface area contributed by atoms with Crippen LogP contribution in [-0.2, 0) is 10.0 Å². The van der Waals surface area contributed by atoms with Crippen LogP contribution in [0.4, 0.5) is 0 Å². The van der Waals surface area contributed by atoms with Crippen molar-refractivity contribution in [3.05, 3.63) is 29.8 Å². The molecule has 1 spiro atoms. The molecule has 0 amide bonds. The van der Waals surface area contributed by atoms with E-state index in [0.717, 1.165) is 32.4 Å². The highest BCUT2D eigenvalue weighted by Gasteiger charge is 2.38. The van der Waals surface area contributed by atoms with Crippen LogP contribution >= 0.6 is 0 Å². The molecule has 0 unspecified atom stereocenters. The van der Waals surface area contributed by atoms with Crippen molar-refractivity contribution in [2.24, 2.45) is 0 Å². The van der Waals surface area contributed by atoms with Crippen LogP contribution in [0.15, 0.2) is 29.2 Å². The van der Waals surface area contributed by atoms with E-state index in [4.69, 9.17) is 0 Å². The third kappa shape index (κ3) is 2.94. The van der Waals surface area contributed by atoms with Gasteiger partial charge in [0, 0.05) is 18.7 Å². The van der Waals surface area contributed by atoms with Crippen LogP contribution in [0, 0.1) is 0 Å². The summed E-state index contributed by atoms with van der Waals surface area (Å²) >= 11 is 0. The van der Waals surface area contributed by atoms with Crippen molar-refractivity contribution in [1.29, 1.82) is 0 Å². The lowest BCUT2D eigenvalue weighted by atomic mass is 9.96. The predicted octanol–water partition coefficient (Wildman–Crippen LogP) is 0.563. The van der Waals surface area contributed by atoms with Crippen molar-refractivity contribution in [3.8, 4) is 0 Å². The smallest absolute Gasteiger partial charge is 0.243 e. The van der Waals surface area contributed by atoms with Crippen molar-refractivity contribution in [2.45, 2.75) is 29.8 Å². The zero-order valence-corrected chi connectivity index (χ0v) is 13.2. The van der Waals surface area contributed by atoms with Gasteiger partial charge in [-0.3, -0.25) is 15.4 Å². The highest BCUT2D eigenvalue weighted by molar-refractivity contribution is 7.89. The lowest BCUT2D eigenvalue weighted by Gasteiger charge is -2.45. The summed E-state index contributed by atoms with van der Waals surface area (Å²) in [6.07, 6.45) is 3.34. The number of piperidine rings is 1. The minimum Gasteiger partial charge on any atom is -0.299 e. The monoisotopic (exact) mass is 323 g/mol. The first-order valence-electron chi connectivity index (χ1n) is 7.61. The SMILES string of the molecule is O=Cc1ccc(S(=O)(=O)N2CCC3(CC2)NCCCN3)cc1. The molecular weight excluding hydrogens is 302 g/mol. The van der Waals surface area contributed by atoms with Gasteiger partial charge in [-0.15, -0.1) is 0 Å². The van der Waals surface area contributed by atoms with Gasteiger partial charge in [-0.2, -0.15) is 4.31 Å². The zero-order chi connectivity index (χ0) is 15.6. The van der Waals surface area contributed by atoms with Gasteiger partial charge in [0.15, 0.2) is 0 Å². The van der Waals surface area contributed by atoms with Gasteiger partial charge in [0.05, 0.1) is 10.6 Å². The van der Waals surface area contributed by atoms with Gasteiger partial charge >= 0.3 is 0 Å². The standard InChI is InChI=1S/C15H21N3O3S/c19-12-13-2-4-14(5-3-13)22(20,21)18-10-6-15(7-11-18)16-8-1-9-17-15/h2-5,12,16-17H,1,6-11H2. The van der Waals surface area contributed by atoms with Gasteiger partial charge < -0.3 is 0 Å². The molecule has 0 aromatic heterocycles. The van der Waals surface area contributed by atoms with Crippen molar-refractivity contribution < 1.29 is 13.2 Å². The lowest BCUT2D eigenvalue weighted by molar-refractivity contribution is 0.112. The van der Waals surface area contributed by atoms with E-state index in [-0.39, 0.29) is 10.6 Å². The number of carbonyl (C=O) groups excluding carboxylic acids is 1. The molecule has 120 valence electrons. The summed E-state index contributed by atoms with van der Waals surface area (Å²) in [6, 6.07) is 6.08. The lowest BCUT2D eigenvalue weighted by Crippen LogP contribution is -2.65. The average Bonchev–Trinajstić information content (AvgIpc) is 2.56. The Hall–Kier alpha value is -1.28. The molecule has 0 bridgehead atoms. The minimum atomic E-state index is -3.48. The fourth-order valence-electron chi connectivity index (χ4n) is 3.14. The van der Waals surface area contributed by atoms with Crippen molar-refractivity contribution >= 4 is 16.3 Å². The van der Waals surface area contributed by atoms with Crippen LogP contribution in [0.2, 0.25) is 0 Å².